The molecule has 0 aliphatic heterocycles. The minimum atomic E-state index is -0.815. The lowest BCUT2D eigenvalue weighted by atomic mass is 9.78. The maximum Gasteiger partial charge on any atom is 0.307 e. The third kappa shape index (κ3) is 3.48. The summed E-state index contributed by atoms with van der Waals surface area (Å²) >= 11 is 1.84. The summed E-state index contributed by atoms with van der Waals surface area (Å²) in [5.74, 6) is -1.68. The largest absolute Gasteiger partial charge is 0.481 e. The number of rotatable bonds is 5. The zero-order valence-electron chi connectivity index (χ0n) is 12.2. The van der Waals surface area contributed by atoms with E-state index in [0.717, 1.165) is 32.1 Å². The molecule has 0 spiro atoms. The van der Waals surface area contributed by atoms with E-state index in [1.54, 1.807) is 0 Å². The molecule has 2 rings (SSSR count). The molecular weight excluding hydrogens is 274 g/mol. The van der Waals surface area contributed by atoms with Crippen molar-refractivity contribution in [2.75, 3.05) is 12.8 Å². The molecule has 5 heteroatoms. The molecule has 0 heterocycles. The first-order chi connectivity index (χ1) is 9.58. The molecule has 1 amide bonds. The topological polar surface area (TPSA) is 66.4 Å². The van der Waals surface area contributed by atoms with Crippen LogP contribution in [-0.2, 0) is 9.59 Å². The Morgan fingerprint density at radius 1 is 1.15 bits per heavy atom. The Hall–Kier alpha value is -0.710. The molecule has 0 saturated heterocycles. The normalized spacial score (nSPS) is 29.1. The number of carboxylic acid groups (broad SMARTS) is 1. The van der Waals surface area contributed by atoms with Crippen LogP contribution in [0.3, 0.4) is 0 Å². The fraction of sp³-hybridized carbons (Fsp3) is 0.867. The molecule has 20 heavy (non-hydrogen) atoms. The Balaban J connectivity index is 1.91. The summed E-state index contributed by atoms with van der Waals surface area (Å²) in [5.41, 5.74) is 0. The molecule has 2 aliphatic carbocycles. The van der Waals surface area contributed by atoms with Gasteiger partial charge in [0.05, 0.1) is 11.8 Å². The number of amides is 1. The lowest BCUT2D eigenvalue weighted by Crippen LogP contribution is -2.44. The summed E-state index contributed by atoms with van der Waals surface area (Å²) in [5, 5.41) is 12.3. The molecule has 2 N–H and O–H groups in total. The summed E-state index contributed by atoms with van der Waals surface area (Å²) in [6, 6.07) is 0. The van der Waals surface area contributed by atoms with E-state index in [0.29, 0.717) is 13.0 Å². The number of carbonyl (C=O) groups is 2. The smallest absolute Gasteiger partial charge is 0.307 e. The molecule has 2 fully saturated rings. The van der Waals surface area contributed by atoms with Crippen LogP contribution >= 0.6 is 11.8 Å². The lowest BCUT2D eigenvalue weighted by molar-refractivity contribution is -0.148. The predicted molar refractivity (Wildman–Crippen MR) is 80.8 cm³/mol. The molecule has 0 bridgehead atoms. The Kier molecular flexibility index (Phi) is 5.35. The van der Waals surface area contributed by atoms with Gasteiger partial charge in [-0.2, -0.15) is 11.8 Å². The molecule has 2 unspecified atom stereocenters. The van der Waals surface area contributed by atoms with Gasteiger partial charge < -0.3 is 10.4 Å². The molecule has 0 radical (unpaired) electrons. The van der Waals surface area contributed by atoms with E-state index in [9.17, 15) is 14.7 Å². The van der Waals surface area contributed by atoms with Crippen LogP contribution in [0.25, 0.3) is 0 Å². The molecule has 2 saturated carbocycles. The zero-order chi connectivity index (χ0) is 14.6. The summed E-state index contributed by atoms with van der Waals surface area (Å²) in [4.78, 5) is 23.6. The SMILES string of the molecule is CSC1(CNC(=O)C2CCCCC2C(=O)O)CCCC1. The number of carboxylic acids is 1. The van der Waals surface area contributed by atoms with E-state index < -0.39 is 11.9 Å². The second kappa shape index (κ2) is 6.83. The van der Waals surface area contributed by atoms with Crippen molar-refractivity contribution < 1.29 is 14.7 Å². The van der Waals surface area contributed by atoms with E-state index in [-0.39, 0.29) is 16.6 Å². The first-order valence-corrected chi connectivity index (χ1v) is 8.86. The average molecular weight is 299 g/mol. The van der Waals surface area contributed by atoms with Crippen LogP contribution in [0.5, 0.6) is 0 Å². The van der Waals surface area contributed by atoms with Crippen LogP contribution in [0.2, 0.25) is 0 Å². The molecule has 0 aromatic heterocycles. The van der Waals surface area contributed by atoms with Crippen molar-refractivity contribution in [3.8, 4) is 0 Å². The summed E-state index contributed by atoms with van der Waals surface area (Å²) in [6.45, 7) is 0.690. The van der Waals surface area contributed by atoms with Gasteiger partial charge >= 0.3 is 5.97 Å². The van der Waals surface area contributed by atoms with Gasteiger partial charge in [-0.1, -0.05) is 25.7 Å². The molecule has 2 aliphatic rings. The summed E-state index contributed by atoms with van der Waals surface area (Å²) in [6.07, 6.45) is 10.1. The van der Waals surface area contributed by atoms with Crippen molar-refractivity contribution in [2.45, 2.75) is 56.1 Å². The number of aliphatic carboxylic acids is 1. The lowest BCUT2D eigenvalue weighted by Gasteiger charge is -2.31. The Labute approximate surface area is 125 Å². The van der Waals surface area contributed by atoms with Crippen molar-refractivity contribution >= 4 is 23.6 Å². The highest BCUT2D eigenvalue weighted by Crippen LogP contribution is 2.40. The predicted octanol–water partition coefficient (Wildman–Crippen LogP) is 2.67. The van der Waals surface area contributed by atoms with Gasteiger partial charge in [0, 0.05) is 11.3 Å². The maximum absolute atomic E-state index is 12.3. The van der Waals surface area contributed by atoms with Crippen LogP contribution in [0.1, 0.15) is 51.4 Å². The quantitative estimate of drug-likeness (QED) is 0.819. The fourth-order valence-corrected chi connectivity index (χ4v) is 4.51. The number of carbonyl (C=O) groups excluding carboxylic acids is 1. The maximum atomic E-state index is 12.3. The third-order valence-electron chi connectivity index (χ3n) is 4.95. The van der Waals surface area contributed by atoms with Gasteiger partial charge in [0.25, 0.3) is 0 Å². The van der Waals surface area contributed by atoms with Crippen molar-refractivity contribution in [3.63, 3.8) is 0 Å². The minimum absolute atomic E-state index is 0.0441. The number of hydrogen-bond acceptors (Lipinski definition) is 3. The van der Waals surface area contributed by atoms with E-state index >= 15 is 0 Å². The second-order valence-corrected chi connectivity index (χ2v) is 7.42. The summed E-state index contributed by atoms with van der Waals surface area (Å²) in [7, 11) is 0. The molecular formula is C15H25NO3S. The van der Waals surface area contributed by atoms with Gasteiger partial charge in [-0.05, 0) is 31.9 Å². The van der Waals surface area contributed by atoms with Crippen LogP contribution in [-0.4, -0.2) is 34.5 Å². The highest BCUT2D eigenvalue weighted by atomic mass is 32.2. The number of hydrogen-bond donors (Lipinski definition) is 2. The molecule has 0 aromatic carbocycles. The van der Waals surface area contributed by atoms with Gasteiger partial charge in [0.15, 0.2) is 0 Å². The molecule has 4 nitrogen and oxygen atoms in total. The van der Waals surface area contributed by atoms with Gasteiger partial charge in [0.2, 0.25) is 5.91 Å². The average Bonchev–Trinajstić information content (AvgIpc) is 2.94. The highest BCUT2D eigenvalue weighted by Gasteiger charge is 2.38. The number of nitrogens with one attached hydrogen (secondary N) is 1. The van der Waals surface area contributed by atoms with Crippen LogP contribution < -0.4 is 5.32 Å². The van der Waals surface area contributed by atoms with Crippen molar-refractivity contribution in [1.29, 1.82) is 0 Å². The fourth-order valence-electron chi connectivity index (χ4n) is 3.59. The Morgan fingerprint density at radius 2 is 1.75 bits per heavy atom. The third-order valence-corrected chi connectivity index (χ3v) is 6.37. The van der Waals surface area contributed by atoms with Crippen molar-refractivity contribution in [3.05, 3.63) is 0 Å². The van der Waals surface area contributed by atoms with E-state index in [2.05, 4.69) is 11.6 Å². The molecule has 2 atom stereocenters. The van der Waals surface area contributed by atoms with Crippen LogP contribution in [0.15, 0.2) is 0 Å². The number of thioether (sulfide) groups is 1. The first kappa shape index (κ1) is 15.7. The second-order valence-electron chi connectivity index (χ2n) is 6.15. The Bertz CT molecular complexity index is 366. The zero-order valence-corrected chi connectivity index (χ0v) is 13.0. The van der Waals surface area contributed by atoms with E-state index in [1.165, 1.54) is 12.8 Å². The van der Waals surface area contributed by atoms with E-state index in [1.807, 2.05) is 11.8 Å². The molecule has 114 valence electrons. The van der Waals surface area contributed by atoms with Crippen LogP contribution in [0, 0.1) is 11.8 Å². The Morgan fingerprint density at radius 3 is 2.30 bits per heavy atom. The van der Waals surface area contributed by atoms with Gasteiger partial charge in [0.1, 0.15) is 0 Å². The standard InChI is InChI=1S/C15H25NO3S/c1-20-15(8-4-5-9-15)10-16-13(17)11-6-2-3-7-12(11)14(18)19/h11-12H,2-10H2,1H3,(H,16,17)(H,18,19). The first-order valence-electron chi connectivity index (χ1n) is 7.64. The van der Waals surface area contributed by atoms with Gasteiger partial charge in [-0.25, -0.2) is 0 Å². The van der Waals surface area contributed by atoms with Crippen LogP contribution in [0.4, 0.5) is 0 Å². The monoisotopic (exact) mass is 299 g/mol. The summed E-state index contributed by atoms with van der Waals surface area (Å²) < 4.78 is 0.184. The van der Waals surface area contributed by atoms with Gasteiger partial charge in [-0.15, -0.1) is 0 Å². The molecule has 0 aromatic rings. The van der Waals surface area contributed by atoms with E-state index in [4.69, 9.17) is 0 Å². The van der Waals surface area contributed by atoms with Crippen molar-refractivity contribution in [1.82, 2.24) is 5.32 Å². The minimum Gasteiger partial charge on any atom is -0.481 e. The van der Waals surface area contributed by atoms with Crippen molar-refractivity contribution in [2.24, 2.45) is 11.8 Å². The highest BCUT2D eigenvalue weighted by molar-refractivity contribution is 8.00. The van der Waals surface area contributed by atoms with Gasteiger partial charge in [-0.3, -0.25) is 9.59 Å².